The first-order chi connectivity index (χ1) is 25.3. The summed E-state index contributed by atoms with van der Waals surface area (Å²) in [5, 5.41) is 4.81. The van der Waals surface area contributed by atoms with Gasteiger partial charge in [0.25, 0.3) is 0 Å². The lowest BCUT2D eigenvalue weighted by Gasteiger charge is -2.27. The lowest BCUT2D eigenvalue weighted by molar-refractivity contribution is 0.669. The molecule has 0 aliphatic heterocycles. The van der Waals surface area contributed by atoms with E-state index in [1.807, 2.05) is 17.4 Å². The fourth-order valence-electron chi connectivity index (χ4n) is 7.53. The summed E-state index contributed by atoms with van der Waals surface area (Å²) in [5.74, 6) is 0. The van der Waals surface area contributed by atoms with Crippen molar-refractivity contribution in [2.24, 2.45) is 0 Å². The van der Waals surface area contributed by atoms with Gasteiger partial charge in [-0.3, -0.25) is 0 Å². The summed E-state index contributed by atoms with van der Waals surface area (Å²) in [7, 11) is 0. The predicted molar refractivity (Wildman–Crippen MR) is 218 cm³/mol. The minimum Gasteiger partial charge on any atom is -0.456 e. The predicted octanol–water partition coefficient (Wildman–Crippen LogP) is 14.4. The Morgan fingerprint density at radius 1 is 0.392 bits per heavy atom. The van der Waals surface area contributed by atoms with Crippen molar-refractivity contribution in [3.63, 3.8) is 0 Å². The van der Waals surface area contributed by atoms with Crippen LogP contribution in [0.5, 0.6) is 0 Å². The molecule has 2 nitrogen and oxygen atoms in total. The van der Waals surface area contributed by atoms with E-state index in [0.29, 0.717) is 0 Å². The molecule has 240 valence electrons. The Balaban J connectivity index is 1.22. The SMILES string of the molecule is c1ccc(-c2ccc(N(c3ccc(-c4cccc5c4sc4ccccc45)c(-c4ccccc4)c3)c3cccc4oc5ccccc5c34)cc2)cc1. The maximum atomic E-state index is 6.40. The van der Waals surface area contributed by atoms with Crippen molar-refractivity contribution < 1.29 is 4.42 Å². The monoisotopic (exact) mass is 669 g/mol. The molecule has 10 aromatic rings. The fourth-order valence-corrected chi connectivity index (χ4v) is 8.76. The van der Waals surface area contributed by atoms with Gasteiger partial charge in [0.15, 0.2) is 0 Å². The maximum Gasteiger partial charge on any atom is 0.137 e. The molecule has 10 rings (SSSR count). The van der Waals surface area contributed by atoms with Crippen LogP contribution in [0.25, 0.3) is 75.5 Å². The number of nitrogens with zero attached hydrogens (tertiary/aromatic N) is 1. The second-order valence-electron chi connectivity index (χ2n) is 12.9. The van der Waals surface area contributed by atoms with Crippen LogP contribution >= 0.6 is 11.3 Å². The largest absolute Gasteiger partial charge is 0.456 e. The Bertz CT molecular complexity index is 2850. The first-order valence-corrected chi connectivity index (χ1v) is 18.1. The van der Waals surface area contributed by atoms with E-state index >= 15 is 0 Å². The van der Waals surface area contributed by atoms with Crippen LogP contribution in [-0.4, -0.2) is 0 Å². The molecule has 2 aromatic heterocycles. The Hall–Kier alpha value is -6.42. The molecule has 3 heteroatoms. The molecule has 0 N–H and O–H groups in total. The standard InChI is InChI=1S/C48H31NOS/c1-3-13-32(14-4-1)33-25-27-35(28-26-33)49(43-21-12-23-45-47(43)41-18-7-9-22-44(41)50-45)36-29-30-37(42(31-36)34-15-5-2-6-16-34)39-19-11-20-40-38-17-8-10-24-46(38)51-48(39)40/h1-31H. The van der Waals surface area contributed by atoms with Gasteiger partial charge in [-0.25, -0.2) is 0 Å². The number of rotatable bonds is 6. The number of hydrogen-bond acceptors (Lipinski definition) is 3. The zero-order chi connectivity index (χ0) is 33.7. The number of hydrogen-bond donors (Lipinski definition) is 0. The van der Waals surface area contributed by atoms with E-state index in [0.717, 1.165) is 39.0 Å². The molecule has 0 aliphatic rings. The molecule has 0 unspecified atom stereocenters. The average molecular weight is 670 g/mol. The molecule has 0 fully saturated rings. The summed E-state index contributed by atoms with van der Waals surface area (Å²) in [6.45, 7) is 0. The third kappa shape index (κ3) is 5.01. The third-order valence-electron chi connectivity index (χ3n) is 9.89. The van der Waals surface area contributed by atoms with Crippen molar-refractivity contribution in [2.75, 3.05) is 4.90 Å². The van der Waals surface area contributed by atoms with E-state index in [4.69, 9.17) is 4.42 Å². The molecule has 8 aromatic carbocycles. The van der Waals surface area contributed by atoms with Crippen molar-refractivity contribution in [2.45, 2.75) is 0 Å². The zero-order valence-electron chi connectivity index (χ0n) is 27.7. The maximum absolute atomic E-state index is 6.40. The van der Waals surface area contributed by atoms with E-state index < -0.39 is 0 Å². The van der Waals surface area contributed by atoms with E-state index in [1.54, 1.807) is 0 Å². The van der Waals surface area contributed by atoms with E-state index in [-0.39, 0.29) is 0 Å². The number of furan rings is 1. The third-order valence-corrected chi connectivity index (χ3v) is 11.1. The molecular formula is C48H31NOS. The highest BCUT2D eigenvalue weighted by Gasteiger charge is 2.22. The van der Waals surface area contributed by atoms with Gasteiger partial charge < -0.3 is 9.32 Å². The Kier molecular flexibility index (Phi) is 7.04. The van der Waals surface area contributed by atoms with Gasteiger partial charge in [-0.2, -0.15) is 0 Å². The second-order valence-corrected chi connectivity index (χ2v) is 13.9. The Morgan fingerprint density at radius 3 is 1.84 bits per heavy atom. The lowest BCUT2D eigenvalue weighted by Crippen LogP contribution is -2.10. The summed E-state index contributed by atoms with van der Waals surface area (Å²) in [5.41, 5.74) is 12.2. The Labute approximate surface area is 300 Å². The second kappa shape index (κ2) is 12.2. The van der Waals surface area contributed by atoms with Crippen LogP contribution in [-0.2, 0) is 0 Å². The molecule has 0 amide bonds. The van der Waals surface area contributed by atoms with Gasteiger partial charge in [-0.1, -0.05) is 140 Å². The summed E-state index contributed by atoms with van der Waals surface area (Å²) >= 11 is 1.87. The van der Waals surface area contributed by atoms with Crippen LogP contribution in [0.1, 0.15) is 0 Å². The molecule has 0 saturated carbocycles. The average Bonchev–Trinajstić information content (AvgIpc) is 3.78. The van der Waals surface area contributed by atoms with Crippen molar-refractivity contribution >= 4 is 70.5 Å². The van der Waals surface area contributed by atoms with E-state index in [2.05, 4.69) is 187 Å². The number of fused-ring (bicyclic) bond motifs is 6. The Morgan fingerprint density at radius 2 is 1.02 bits per heavy atom. The van der Waals surface area contributed by atoms with Gasteiger partial charge in [-0.05, 0) is 76.3 Å². The highest BCUT2D eigenvalue weighted by Crippen LogP contribution is 2.47. The number of thiophene rings is 1. The van der Waals surface area contributed by atoms with Crippen LogP contribution in [0.3, 0.4) is 0 Å². The van der Waals surface area contributed by atoms with Gasteiger partial charge in [-0.15, -0.1) is 11.3 Å². The van der Waals surface area contributed by atoms with Crippen molar-refractivity contribution in [3.05, 3.63) is 188 Å². The smallest absolute Gasteiger partial charge is 0.137 e. The van der Waals surface area contributed by atoms with E-state index in [9.17, 15) is 0 Å². The van der Waals surface area contributed by atoms with Gasteiger partial charge in [0.1, 0.15) is 11.2 Å². The molecule has 0 spiro atoms. The zero-order valence-corrected chi connectivity index (χ0v) is 28.5. The number of benzene rings is 8. The molecule has 51 heavy (non-hydrogen) atoms. The topological polar surface area (TPSA) is 16.4 Å². The summed E-state index contributed by atoms with van der Waals surface area (Å²) in [4.78, 5) is 2.38. The molecule has 0 radical (unpaired) electrons. The minimum absolute atomic E-state index is 0.871. The highest BCUT2D eigenvalue weighted by atomic mass is 32.1. The summed E-state index contributed by atoms with van der Waals surface area (Å²) in [6, 6.07) is 67.4. The first kappa shape index (κ1) is 29.5. The van der Waals surface area contributed by atoms with Crippen molar-refractivity contribution in [1.29, 1.82) is 0 Å². The molecule has 2 heterocycles. The van der Waals surface area contributed by atoms with Gasteiger partial charge in [0, 0.05) is 42.5 Å². The van der Waals surface area contributed by atoms with Crippen LogP contribution in [0.2, 0.25) is 0 Å². The van der Waals surface area contributed by atoms with Crippen LogP contribution < -0.4 is 4.90 Å². The first-order valence-electron chi connectivity index (χ1n) is 17.3. The minimum atomic E-state index is 0.871. The quantitative estimate of drug-likeness (QED) is 0.175. The highest BCUT2D eigenvalue weighted by molar-refractivity contribution is 7.26. The molecule has 0 bridgehead atoms. The van der Waals surface area contributed by atoms with Gasteiger partial charge >= 0.3 is 0 Å². The van der Waals surface area contributed by atoms with Crippen LogP contribution in [0, 0.1) is 0 Å². The number of para-hydroxylation sites is 1. The molecule has 0 saturated heterocycles. The number of anilines is 3. The molecule has 0 atom stereocenters. The van der Waals surface area contributed by atoms with Crippen molar-refractivity contribution in [1.82, 2.24) is 0 Å². The van der Waals surface area contributed by atoms with Gasteiger partial charge in [0.2, 0.25) is 0 Å². The van der Waals surface area contributed by atoms with Crippen molar-refractivity contribution in [3.8, 4) is 33.4 Å². The fraction of sp³-hybridized carbons (Fsp3) is 0. The van der Waals surface area contributed by atoms with Crippen LogP contribution in [0.4, 0.5) is 17.1 Å². The van der Waals surface area contributed by atoms with Crippen LogP contribution in [0.15, 0.2) is 192 Å². The molecule has 0 aliphatic carbocycles. The molecular weight excluding hydrogens is 639 g/mol. The summed E-state index contributed by atoms with van der Waals surface area (Å²) in [6.07, 6.45) is 0. The normalized spacial score (nSPS) is 11.5. The lowest BCUT2D eigenvalue weighted by atomic mass is 9.92. The van der Waals surface area contributed by atoms with Gasteiger partial charge in [0.05, 0.1) is 11.1 Å². The summed E-state index contributed by atoms with van der Waals surface area (Å²) < 4.78 is 9.02. The van der Waals surface area contributed by atoms with E-state index in [1.165, 1.54) is 53.6 Å².